The van der Waals surface area contributed by atoms with Crippen molar-refractivity contribution in [2.45, 2.75) is 26.0 Å². The van der Waals surface area contributed by atoms with Crippen molar-refractivity contribution in [2.75, 3.05) is 12.4 Å². The van der Waals surface area contributed by atoms with Crippen LogP contribution in [0.3, 0.4) is 0 Å². The second-order valence-electron chi connectivity index (χ2n) is 2.06. The molecule has 0 heterocycles. The predicted molar refractivity (Wildman–Crippen MR) is 44.8 cm³/mol. The lowest BCUT2D eigenvalue weighted by atomic mass is 10.5. The van der Waals surface area contributed by atoms with Gasteiger partial charge in [-0.15, -0.1) is 0 Å². The van der Waals surface area contributed by atoms with Crippen molar-refractivity contribution in [2.24, 2.45) is 0 Å². The molecule has 0 N–H and O–H groups in total. The standard InChI is InChI=1S/C7H14O3S/c1-4-10-7(8)6(3)11(9)5-2/h6H,4-5H2,1-3H3. The molecule has 0 aromatic heterocycles. The maximum Gasteiger partial charge on any atom is 0.321 e. The Labute approximate surface area is 69.6 Å². The molecule has 3 nitrogen and oxygen atoms in total. The summed E-state index contributed by atoms with van der Waals surface area (Å²) < 4.78 is 15.7. The zero-order valence-electron chi connectivity index (χ0n) is 7.12. The van der Waals surface area contributed by atoms with Crippen molar-refractivity contribution in [3.63, 3.8) is 0 Å². The van der Waals surface area contributed by atoms with Crippen LogP contribution < -0.4 is 0 Å². The van der Waals surface area contributed by atoms with E-state index in [2.05, 4.69) is 0 Å². The number of rotatable bonds is 4. The number of esters is 1. The van der Waals surface area contributed by atoms with Crippen LogP contribution in [0.4, 0.5) is 0 Å². The Morgan fingerprint density at radius 3 is 2.45 bits per heavy atom. The fraction of sp³-hybridized carbons (Fsp3) is 0.857. The molecule has 0 spiro atoms. The van der Waals surface area contributed by atoms with Gasteiger partial charge >= 0.3 is 5.97 Å². The number of hydrogen-bond donors (Lipinski definition) is 0. The lowest BCUT2D eigenvalue weighted by molar-refractivity contribution is -0.142. The number of carbonyl (C=O) groups excluding carboxylic acids is 1. The smallest absolute Gasteiger partial charge is 0.321 e. The molecule has 0 bridgehead atoms. The maximum atomic E-state index is 11.0. The fourth-order valence-corrected chi connectivity index (χ4v) is 1.40. The van der Waals surface area contributed by atoms with Gasteiger partial charge in [-0.2, -0.15) is 0 Å². The van der Waals surface area contributed by atoms with Crippen molar-refractivity contribution in [1.29, 1.82) is 0 Å². The van der Waals surface area contributed by atoms with Crippen LogP contribution in [0.1, 0.15) is 20.8 Å². The van der Waals surface area contributed by atoms with Gasteiger partial charge in [0.1, 0.15) is 5.25 Å². The van der Waals surface area contributed by atoms with E-state index in [9.17, 15) is 9.00 Å². The van der Waals surface area contributed by atoms with Crippen LogP contribution >= 0.6 is 0 Å². The normalized spacial score (nSPS) is 15.5. The zero-order chi connectivity index (χ0) is 8.85. The summed E-state index contributed by atoms with van der Waals surface area (Å²) in [5.41, 5.74) is 0. The van der Waals surface area contributed by atoms with Crippen molar-refractivity contribution < 1.29 is 13.7 Å². The first-order chi connectivity index (χ1) is 5.13. The summed E-state index contributed by atoms with van der Waals surface area (Å²) in [6, 6.07) is 0. The third kappa shape index (κ3) is 3.51. The second kappa shape index (κ2) is 5.29. The van der Waals surface area contributed by atoms with E-state index in [0.29, 0.717) is 12.4 Å². The van der Waals surface area contributed by atoms with Gasteiger partial charge in [-0.3, -0.25) is 9.00 Å². The van der Waals surface area contributed by atoms with Crippen LogP contribution in [0, 0.1) is 0 Å². The average Bonchev–Trinajstić information content (AvgIpc) is 2.02. The van der Waals surface area contributed by atoms with Crippen LogP contribution in [0.5, 0.6) is 0 Å². The Morgan fingerprint density at radius 2 is 2.09 bits per heavy atom. The van der Waals surface area contributed by atoms with E-state index in [-0.39, 0.29) is 5.97 Å². The SMILES string of the molecule is CCOC(=O)C(C)S(=O)CC. The third-order valence-corrected chi connectivity index (χ3v) is 2.85. The minimum atomic E-state index is -1.08. The molecule has 0 aromatic carbocycles. The molecule has 0 amide bonds. The number of carbonyl (C=O) groups is 1. The summed E-state index contributed by atoms with van der Waals surface area (Å²) in [7, 11) is -1.08. The van der Waals surface area contributed by atoms with Crippen molar-refractivity contribution >= 4 is 16.8 Å². The van der Waals surface area contributed by atoms with E-state index >= 15 is 0 Å². The van der Waals surface area contributed by atoms with Gasteiger partial charge in [0.15, 0.2) is 0 Å². The third-order valence-electron chi connectivity index (χ3n) is 1.30. The molecule has 0 aliphatic rings. The highest BCUT2D eigenvalue weighted by molar-refractivity contribution is 7.86. The van der Waals surface area contributed by atoms with Crippen LogP contribution in [-0.4, -0.2) is 27.8 Å². The summed E-state index contributed by atoms with van der Waals surface area (Å²) in [5, 5.41) is -0.486. The summed E-state index contributed by atoms with van der Waals surface area (Å²) in [6.07, 6.45) is 0. The molecular formula is C7H14O3S. The van der Waals surface area contributed by atoms with Gasteiger partial charge in [-0.1, -0.05) is 6.92 Å². The van der Waals surface area contributed by atoms with Crippen LogP contribution in [0.15, 0.2) is 0 Å². The van der Waals surface area contributed by atoms with Gasteiger partial charge < -0.3 is 4.74 Å². The lowest BCUT2D eigenvalue weighted by Gasteiger charge is -2.07. The molecule has 4 heteroatoms. The molecule has 11 heavy (non-hydrogen) atoms. The second-order valence-corrected chi connectivity index (χ2v) is 4.11. The van der Waals surface area contributed by atoms with Crippen LogP contribution in [0.25, 0.3) is 0 Å². The summed E-state index contributed by atoms with van der Waals surface area (Å²) >= 11 is 0. The van der Waals surface area contributed by atoms with E-state index in [4.69, 9.17) is 4.74 Å². The molecule has 0 fully saturated rings. The molecule has 0 aliphatic carbocycles. The highest BCUT2D eigenvalue weighted by Gasteiger charge is 2.18. The van der Waals surface area contributed by atoms with Crippen LogP contribution in [0.2, 0.25) is 0 Å². The van der Waals surface area contributed by atoms with Crippen molar-refractivity contribution in [1.82, 2.24) is 0 Å². The summed E-state index contributed by atoms with van der Waals surface area (Å²) in [4.78, 5) is 10.9. The molecule has 0 saturated heterocycles. The Balaban J connectivity index is 3.91. The Bertz CT molecular complexity index is 156. The monoisotopic (exact) mass is 178 g/mol. The van der Waals surface area contributed by atoms with E-state index in [1.165, 1.54) is 0 Å². The highest BCUT2D eigenvalue weighted by atomic mass is 32.2. The lowest BCUT2D eigenvalue weighted by Crippen LogP contribution is -2.25. The molecular weight excluding hydrogens is 164 g/mol. The molecule has 2 unspecified atom stereocenters. The van der Waals surface area contributed by atoms with Gasteiger partial charge in [-0.25, -0.2) is 0 Å². The number of ether oxygens (including phenoxy) is 1. The molecule has 2 atom stereocenters. The predicted octanol–water partition coefficient (Wildman–Crippen LogP) is 0.707. The molecule has 0 aliphatic heterocycles. The van der Waals surface area contributed by atoms with Crippen molar-refractivity contribution in [3.05, 3.63) is 0 Å². The van der Waals surface area contributed by atoms with Gasteiger partial charge in [0.05, 0.1) is 6.61 Å². The fourth-order valence-electron chi connectivity index (χ4n) is 0.617. The first kappa shape index (κ1) is 10.6. The minimum absolute atomic E-state index is 0.351. The summed E-state index contributed by atoms with van der Waals surface area (Å²) in [6.45, 7) is 5.49. The largest absolute Gasteiger partial charge is 0.465 e. The van der Waals surface area contributed by atoms with E-state index in [0.717, 1.165) is 0 Å². The Kier molecular flexibility index (Phi) is 5.11. The van der Waals surface area contributed by atoms with E-state index < -0.39 is 16.0 Å². The van der Waals surface area contributed by atoms with E-state index in [1.807, 2.05) is 0 Å². The molecule has 66 valence electrons. The van der Waals surface area contributed by atoms with E-state index in [1.54, 1.807) is 20.8 Å². The van der Waals surface area contributed by atoms with Gasteiger partial charge in [-0.05, 0) is 13.8 Å². The topological polar surface area (TPSA) is 43.4 Å². The zero-order valence-corrected chi connectivity index (χ0v) is 7.94. The molecule has 0 saturated carbocycles. The van der Waals surface area contributed by atoms with Crippen molar-refractivity contribution in [3.8, 4) is 0 Å². The first-order valence-corrected chi connectivity index (χ1v) is 5.05. The van der Waals surface area contributed by atoms with Gasteiger partial charge in [0, 0.05) is 16.6 Å². The minimum Gasteiger partial charge on any atom is -0.465 e. The highest BCUT2D eigenvalue weighted by Crippen LogP contribution is 1.98. The Hall–Kier alpha value is -0.380. The molecule has 0 aromatic rings. The number of hydrogen-bond acceptors (Lipinski definition) is 3. The van der Waals surface area contributed by atoms with Gasteiger partial charge in [0.25, 0.3) is 0 Å². The quantitative estimate of drug-likeness (QED) is 0.595. The van der Waals surface area contributed by atoms with Gasteiger partial charge in [0.2, 0.25) is 0 Å². The molecule has 0 rings (SSSR count). The average molecular weight is 178 g/mol. The molecule has 0 radical (unpaired) electrons. The Morgan fingerprint density at radius 1 is 1.55 bits per heavy atom. The first-order valence-electron chi connectivity index (χ1n) is 3.67. The van der Waals surface area contributed by atoms with Crippen LogP contribution in [-0.2, 0) is 20.3 Å². The summed E-state index contributed by atoms with van der Waals surface area (Å²) in [5.74, 6) is 0.132. The maximum absolute atomic E-state index is 11.0.